The molecule has 0 atom stereocenters. The van der Waals surface area contributed by atoms with Crippen molar-refractivity contribution in [2.24, 2.45) is 0 Å². The SMILES string of the molecule is CC1(C)c2ccccc2-c2ccc(N(c3ccc4c(c3)C3(c5ccccc5-4)c4ccccc4C(C)(C)c4ccccc43)c3cccc4ccccc34)cc21. The highest BCUT2D eigenvalue weighted by molar-refractivity contribution is 6.00. The summed E-state index contributed by atoms with van der Waals surface area (Å²) in [5, 5.41) is 2.47. The van der Waals surface area contributed by atoms with Gasteiger partial charge in [-0.1, -0.05) is 173 Å². The van der Waals surface area contributed by atoms with Crippen LogP contribution in [0.25, 0.3) is 33.0 Å². The molecule has 0 heterocycles. The van der Waals surface area contributed by atoms with Gasteiger partial charge in [-0.05, 0) is 102 Å². The molecule has 258 valence electrons. The van der Waals surface area contributed by atoms with E-state index in [1.807, 2.05) is 0 Å². The van der Waals surface area contributed by atoms with Crippen LogP contribution in [0.4, 0.5) is 17.1 Å². The summed E-state index contributed by atoms with van der Waals surface area (Å²) in [6.07, 6.45) is 0. The Kier molecular flexibility index (Phi) is 6.35. The normalized spacial score (nSPS) is 15.9. The van der Waals surface area contributed by atoms with E-state index in [-0.39, 0.29) is 10.8 Å². The highest BCUT2D eigenvalue weighted by Crippen LogP contribution is 2.63. The summed E-state index contributed by atoms with van der Waals surface area (Å²) in [6.45, 7) is 9.54. The molecule has 0 fully saturated rings. The number of hydrogen-bond donors (Lipinski definition) is 0. The smallest absolute Gasteiger partial charge is 0.0720 e. The van der Waals surface area contributed by atoms with Gasteiger partial charge in [-0.2, -0.15) is 0 Å². The Morgan fingerprint density at radius 1 is 0.333 bits per heavy atom. The number of nitrogens with zero attached hydrogens (tertiary/aromatic N) is 1. The highest BCUT2D eigenvalue weighted by atomic mass is 15.1. The van der Waals surface area contributed by atoms with E-state index in [9.17, 15) is 0 Å². The minimum absolute atomic E-state index is 0.113. The molecule has 0 aromatic heterocycles. The van der Waals surface area contributed by atoms with Crippen molar-refractivity contribution in [3.63, 3.8) is 0 Å². The van der Waals surface area contributed by atoms with Gasteiger partial charge in [0.2, 0.25) is 0 Å². The van der Waals surface area contributed by atoms with Gasteiger partial charge in [0.1, 0.15) is 0 Å². The molecule has 0 saturated heterocycles. The van der Waals surface area contributed by atoms with Crippen molar-refractivity contribution in [2.45, 2.75) is 43.9 Å². The fraction of sp³-hybridized carbons (Fsp3) is 0.132. The van der Waals surface area contributed by atoms with Crippen LogP contribution in [0.15, 0.2) is 176 Å². The topological polar surface area (TPSA) is 3.24 Å². The van der Waals surface area contributed by atoms with Crippen molar-refractivity contribution in [3.8, 4) is 22.3 Å². The second-order valence-electron chi connectivity index (χ2n) is 16.5. The maximum absolute atomic E-state index is 2.52. The van der Waals surface area contributed by atoms with Crippen LogP contribution in [0, 0.1) is 0 Å². The first kappa shape index (κ1) is 31.4. The molecule has 54 heavy (non-hydrogen) atoms. The van der Waals surface area contributed by atoms with Gasteiger partial charge in [0.25, 0.3) is 0 Å². The Hall–Kier alpha value is -6.18. The molecule has 3 aliphatic rings. The highest BCUT2D eigenvalue weighted by Gasteiger charge is 2.53. The molecule has 1 heteroatoms. The molecule has 0 bridgehead atoms. The lowest BCUT2D eigenvalue weighted by Gasteiger charge is -2.46. The number of benzene rings is 8. The van der Waals surface area contributed by atoms with Crippen LogP contribution in [-0.4, -0.2) is 0 Å². The van der Waals surface area contributed by atoms with Gasteiger partial charge in [0.15, 0.2) is 0 Å². The van der Waals surface area contributed by atoms with Crippen molar-refractivity contribution < 1.29 is 0 Å². The van der Waals surface area contributed by atoms with E-state index in [2.05, 4.69) is 209 Å². The Labute approximate surface area is 318 Å². The van der Waals surface area contributed by atoms with Crippen molar-refractivity contribution in [2.75, 3.05) is 4.90 Å². The van der Waals surface area contributed by atoms with Crippen LogP contribution in [0.3, 0.4) is 0 Å². The molecular weight excluding hydrogens is 651 g/mol. The van der Waals surface area contributed by atoms with Crippen molar-refractivity contribution in [1.82, 2.24) is 0 Å². The zero-order valence-electron chi connectivity index (χ0n) is 31.2. The van der Waals surface area contributed by atoms with Gasteiger partial charge in [-0.25, -0.2) is 0 Å². The summed E-state index contributed by atoms with van der Waals surface area (Å²) in [5.41, 5.74) is 19.1. The molecule has 8 aromatic carbocycles. The molecule has 0 saturated carbocycles. The van der Waals surface area contributed by atoms with Crippen LogP contribution in [0.1, 0.15) is 72.2 Å². The van der Waals surface area contributed by atoms with E-state index in [0.717, 1.165) is 5.69 Å². The molecule has 0 N–H and O–H groups in total. The summed E-state index contributed by atoms with van der Waals surface area (Å²) in [4.78, 5) is 2.52. The minimum atomic E-state index is -0.462. The lowest BCUT2D eigenvalue weighted by Crippen LogP contribution is -2.40. The summed E-state index contributed by atoms with van der Waals surface area (Å²) < 4.78 is 0. The maximum atomic E-state index is 2.52. The molecule has 11 rings (SSSR count). The molecule has 8 aromatic rings. The average molecular weight is 692 g/mol. The fourth-order valence-electron chi connectivity index (χ4n) is 10.6. The van der Waals surface area contributed by atoms with Crippen LogP contribution in [0.5, 0.6) is 0 Å². The second-order valence-corrected chi connectivity index (χ2v) is 16.5. The molecule has 1 nitrogen and oxygen atoms in total. The predicted octanol–water partition coefficient (Wildman–Crippen LogP) is 13.6. The molecular formula is C53H41N. The summed E-state index contributed by atoms with van der Waals surface area (Å²) in [7, 11) is 0. The molecule has 0 amide bonds. The first-order valence-electron chi connectivity index (χ1n) is 19.3. The van der Waals surface area contributed by atoms with Gasteiger partial charge in [-0.3, -0.25) is 0 Å². The Balaban J connectivity index is 1.22. The molecule has 3 aliphatic carbocycles. The molecule has 0 radical (unpaired) electrons. The summed E-state index contributed by atoms with van der Waals surface area (Å²) in [6, 6.07) is 66.5. The predicted molar refractivity (Wildman–Crippen MR) is 226 cm³/mol. The quantitative estimate of drug-likeness (QED) is 0.178. The monoisotopic (exact) mass is 691 g/mol. The van der Waals surface area contributed by atoms with Crippen molar-refractivity contribution in [1.29, 1.82) is 0 Å². The van der Waals surface area contributed by atoms with Crippen LogP contribution in [0.2, 0.25) is 0 Å². The van der Waals surface area contributed by atoms with Gasteiger partial charge in [0.05, 0.1) is 11.1 Å². The summed E-state index contributed by atoms with van der Waals surface area (Å²) >= 11 is 0. The third-order valence-electron chi connectivity index (χ3n) is 13.1. The van der Waals surface area contributed by atoms with Crippen molar-refractivity contribution in [3.05, 3.63) is 220 Å². The van der Waals surface area contributed by atoms with E-state index in [4.69, 9.17) is 0 Å². The maximum Gasteiger partial charge on any atom is 0.0720 e. The van der Waals surface area contributed by atoms with Crippen LogP contribution >= 0.6 is 0 Å². The van der Waals surface area contributed by atoms with E-state index in [1.54, 1.807) is 0 Å². The number of hydrogen-bond acceptors (Lipinski definition) is 1. The van der Waals surface area contributed by atoms with Gasteiger partial charge >= 0.3 is 0 Å². The lowest BCUT2D eigenvalue weighted by molar-refractivity contribution is 0.563. The fourth-order valence-corrected chi connectivity index (χ4v) is 10.6. The first-order chi connectivity index (χ1) is 26.3. The Morgan fingerprint density at radius 2 is 0.778 bits per heavy atom. The number of fused-ring (bicyclic) bond motifs is 13. The van der Waals surface area contributed by atoms with Gasteiger partial charge in [0, 0.05) is 27.6 Å². The Morgan fingerprint density at radius 3 is 1.44 bits per heavy atom. The van der Waals surface area contributed by atoms with E-state index in [0.29, 0.717) is 0 Å². The third kappa shape index (κ3) is 3.94. The minimum Gasteiger partial charge on any atom is -0.310 e. The third-order valence-corrected chi connectivity index (χ3v) is 13.1. The van der Waals surface area contributed by atoms with Gasteiger partial charge in [-0.15, -0.1) is 0 Å². The zero-order valence-corrected chi connectivity index (χ0v) is 31.2. The largest absolute Gasteiger partial charge is 0.310 e. The Bertz CT molecular complexity index is 2800. The van der Waals surface area contributed by atoms with E-state index >= 15 is 0 Å². The van der Waals surface area contributed by atoms with Gasteiger partial charge < -0.3 is 4.90 Å². The van der Waals surface area contributed by atoms with E-state index in [1.165, 1.54) is 88.9 Å². The van der Waals surface area contributed by atoms with Crippen molar-refractivity contribution >= 4 is 27.8 Å². The van der Waals surface area contributed by atoms with E-state index < -0.39 is 5.41 Å². The van der Waals surface area contributed by atoms with Crippen LogP contribution in [-0.2, 0) is 16.2 Å². The number of rotatable bonds is 3. The molecule has 0 unspecified atom stereocenters. The lowest BCUT2D eigenvalue weighted by atomic mass is 9.55. The first-order valence-corrected chi connectivity index (χ1v) is 19.3. The second kappa shape index (κ2) is 10.9. The number of anilines is 3. The zero-order chi connectivity index (χ0) is 36.4. The molecule has 0 aliphatic heterocycles. The average Bonchev–Trinajstić information content (AvgIpc) is 3.63. The summed E-state index contributed by atoms with van der Waals surface area (Å²) in [5.74, 6) is 0. The van der Waals surface area contributed by atoms with Crippen LogP contribution < -0.4 is 4.90 Å². The standard InChI is InChI=1S/C53H41N/c1-51(2)42-21-9-7-19-38(42)40-30-28-35(32-48(40)51)54(50-27-15-17-34-16-5-6-18-37(34)50)36-29-31-41-39-20-8-10-22-43(39)53(49(41)33-36)46-25-13-11-23-44(46)52(3,4)45-24-12-14-26-47(45)53/h5-33H,1-4H3. The molecule has 1 spiro atoms.